The van der Waals surface area contributed by atoms with E-state index in [1.54, 1.807) is 12.1 Å². The molecule has 150 valence electrons. The van der Waals surface area contributed by atoms with Crippen LogP contribution < -0.4 is 4.74 Å². The van der Waals surface area contributed by atoms with Gasteiger partial charge in [-0.05, 0) is 36.6 Å². The maximum Gasteiger partial charge on any atom is 0.170 e. The molecule has 0 atom stereocenters. The summed E-state index contributed by atoms with van der Waals surface area (Å²) in [6, 6.07) is 15.5. The summed E-state index contributed by atoms with van der Waals surface area (Å²) < 4.78 is 5.84. The Morgan fingerprint density at radius 1 is 0.750 bits per heavy atom. The summed E-state index contributed by atoms with van der Waals surface area (Å²) in [5.74, 6) is 0.650. The predicted octanol–water partition coefficient (Wildman–Crippen LogP) is 6.64. The van der Waals surface area contributed by atoms with Crippen LogP contribution in [-0.4, -0.2) is 18.2 Å². The SMILES string of the molecule is CCCCCCCCCOc1ccc(-c2ccc(C(=O)CC(C)=O)cc2)cc1. The van der Waals surface area contributed by atoms with Crippen LogP contribution in [0.2, 0.25) is 0 Å². The lowest BCUT2D eigenvalue weighted by molar-refractivity contribution is -0.116. The zero-order valence-corrected chi connectivity index (χ0v) is 17.2. The third kappa shape index (κ3) is 7.67. The zero-order chi connectivity index (χ0) is 20.2. The van der Waals surface area contributed by atoms with Crippen LogP contribution in [0.5, 0.6) is 5.75 Å². The maximum absolute atomic E-state index is 11.9. The van der Waals surface area contributed by atoms with Gasteiger partial charge in [0.15, 0.2) is 5.78 Å². The molecule has 0 aliphatic heterocycles. The summed E-state index contributed by atoms with van der Waals surface area (Å²) in [4.78, 5) is 23.0. The van der Waals surface area contributed by atoms with Gasteiger partial charge in [0.2, 0.25) is 0 Å². The topological polar surface area (TPSA) is 43.4 Å². The van der Waals surface area contributed by atoms with Crippen molar-refractivity contribution >= 4 is 11.6 Å². The third-order valence-corrected chi connectivity index (χ3v) is 4.82. The van der Waals surface area contributed by atoms with Crippen LogP contribution in [0, 0.1) is 0 Å². The molecule has 0 bridgehead atoms. The number of Topliss-reactive ketones (excluding diaryl/α,β-unsaturated/α-hetero) is 2. The van der Waals surface area contributed by atoms with Crippen LogP contribution in [-0.2, 0) is 4.79 Å². The van der Waals surface area contributed by atoms with Gasteiger partial charge in [0.25, 0.3) is 0 Å². The third-order valence-electron chi connectivity index (χ3n) is 4.82. The summed E-state index contributed by atoms with van der Waals surface area (Å²) in [6.45, 7) is 4.44. The Bertz CT molecular complexity index is 729. The van der Waals surface area contributed by atoms with Crippen molar-refractivity contribution in [3.8, 4) is 16.9 Å². The standard InChI is InChI=1S/C25H32O3/c1-3-4-5-6-7-8-9-18-28-24-16-14-22(15-17-24)21-10-12-23(13-11-21)25(27)19-20(2)26/h10-17H,3-9,18-19H2,1-2H3. The molecule has 0 fully saturated rings. The number of benzene rings is 2. The summed E-state index contributed by atoms with van der Waals surface area (Å²) in [7, 11) is 0. The Kier molecular flexibility index (Phi) is 9.47. The first-order valence-corrected chi connectivity index (χ1v) is 10.5. The van der Waals surface area contributed by atoms with E-state index in [1.807, 2.05) is 36.4 Å². The van der Waals surface area contributed by atoms with E-state index in [0.29, 0.717) is 5.56 Å². The monoisotopic (exact) mass is 380 g/mol. The van der Waals surface area contributed by atoms with Gasteiger partial charge in [-0.25, -0.2) is 0 Å². The van der Waals surface area contributed by atoms with Crippen molar-refractivity contribution in [2.24, 2.45) is 0 Å². The van der Waals surface area contributed by atoms with Crippen LogP contribution >= 0.6 is 0 Å². The molecule has 2 aromatic rings. The predicted molar refractivity (Wildman–Crippen MR) is 115 cm³/mol. The molecule has 3 nitrogen and oxygen atoms in total. The van der Waals surface area contributed by atoms with Crippen molar-refractivity contribution in [2.75, 3.05) is 6.61 Å². The first kappa shape index (κ1) is 21.9. The quantitative estimate of drug-likeness (QED) is 0.222. The number of hydrogen-bond acceptors (Lipinski definition) is 3. The van der Waals surface area contributed by atoms with Crippen molar-refractivity contribution < 1.29 is 14.3 Å². The second-order valence-corrected chi connectivity index (χ2v) is 7.37. The van der Waals surface area contributed by atoms with E-state index in [2.05, 4.69) is 6.92 Å². The van der Waals surface area contributed by atoms with Crippen molar-refractivity contribution in [3.05, 3.63) is 54.1 Å². The lowest BCUT2D eigenvalue weighted by Gasteiger charge is -2.08. The van der Waals surface area contributed by atoms with E-state index in [9.17, 15) is 9.59 Å². The van der Waals surface area contributed by atoms with E-state index in [0.717, 1.165) is 29.9 Å². The molecule has 0 N–H and O–H groups in total. The lowest BCUT2D eigenvalue weighted by atomic mass is 10.0. The van der Waals surface area contributed by atoms with Gasteiger partial charge in [0.05, 0.1) is 13.0 Å². The zero-order valence-electron chi connectivity index (χ0n) is 17.2. The number of carbonyl (C=O) groups excluding carboxylic acids is 2. The fraction of sp³-hybridized carbons (Fsp3) is 0.440. The molecule has 0 radical (unpaired) electrons. The molecule has 0 aromatic heterocycles. The molecule has 2 aromatic carbocycles. The molecule has 0 spiro atoms. The number of carbonyl (C=O) groups is 2. The summed E-state index contributed by atoms with van der Waals surface area (Å²) in [5.41, 5.74) is 2.69. The summed E-state index contributed by atoms with van der Waals surface area (Å²) in [6.07, 6.45) is 8.92. The number of rotatable bonds is 13. The van der Waals surface area contributed by atoms with Gasteiger partial charge in [-0.2, -0.15) is 0 Å². The van der Waals surface area contributed by atoms with E-state index >= 15 is 0 Å². The van der Waals surface area contributed by atoms with Crippen LogP contribution in [0.4, 0.5) is 0 Å². The van der Waals surface area contributed by atoms with Gasteiger partial charge in [-0.3, -0.25) is 9.59 Å². The van der Waals surface area contributed by atoms with Gasteiger partial charge in [0.1, 0.15) is 11.5 Å². The fourth-order valence-corrected chi connectivity index (χ4v) is 3.17. The Morgan fingerprint density at radius 2 is 1.29 bits per heavy atom. The van der Waals surface area contributed by atoms with Gasteiger partial charge in [-0.15, -0.1) is 0 Å². The van der Waals surface area contributed by atoms with Crippen LogP contribution in [0.3, 0.4) is 0 Å². The van der Waals surface area contributed by atoms with Crippen molar-refractivity contribution in [1.82, 2.24) is 0 Å². The smallest absolute Gasteiger partial charge is 0.170 e. The molecule has 0 unspecified atom stereocenters. The molecule has 0 saturated carbocycles. The van der Waals surface area contributed by atoms with Crippen molar-refractivity contribution in [3.63, 3.8) is 0 Å². The van der Waals surface area contributed by atoms with Crippen molar-refractivity contribution in [1.29, 1.82) is 0 Å². The molecule has 0 amide bonds. The summed E-state index contributed by atoms with van der Waals surface area (Å²) >= 11 is 0. The summed E-state index contributed by atoms with van der Waals surface area (Å²) in [5, 5.41) is 0. The molecule has 3 heteroatoms. The first-order valence-electron chi connectivity index (χ1n) is 10.5. The lowest BCUT2D eigenvalue weighted by Crippen LogP contribution is -2.04. The fourth-order valence-electron chi connectivity index (χ4n) is 3.17. The number of hydrogen-bond donors (Lipinski definition) is 0. The van der Waals surface area contributed by atoms with Gasteiger partial charge < -0.3 is 4.74 Å². The van der Waals surface area contributed by atoms with E-state index < -0.39 is 0 Å². The minimum Gasteiger partial charge on any atom is -0.494 e. The van der Waals surface area contributed by atoms with E-state index in [1.165, 1.54) is 45.4 Å². The average molecular weight is 381 g/mol. The highest BCUT2D eigenvalue weighted by atomic mass is 16.5. The Morgan fingerprint density at radius 3 is 1.86 bits per heavy atom. The minimum atomic E-state index is -0.131. The molecule has 0 heterocycles. The number of unbranched alkanes of at least 4 members (excludes halogenated alkanes) is 6. The van der Waals surface area contributed by atoms with E-state index in [-0.39, 0.29) is 18.0 Å². The Labute approximate surface area is 169 Å². The van der Waals surface area contributed by atoms with Gasteiger partial charge >= 0.3 is 0 Å². The molecule has 2 rings (SSSR count). The highest BCUT2D eigenvalue weighted by Crippen LogP contribution is 2.23. The van der Waals surface area contributed by atoms with E-state index in [4.69, 9.17) is 4.74 Å². The molecule has 0 aliphatic rings. The number of ketones is 2. The highest BCUT2D eigenvalue weighted by Gasteiger charge is 2.08. The minimum absolute atomic E-state index is 0.0376. The largest absolute Gasteiger partial charge is 0.494 e. The molecule has 0 aliphatic carbocycles. The molecular weight excluding hydrogens is 348 g/mol. The highest BCUT2D eigenvalue weighted by molar-refractivity contribution is 6.07. The van der Waals surface area contributed by atoms with Crippen LogP contribution in [0.25, 0.3) is 11.1 Å². The van der Waals surface area contributed by atoms with Gasteiger partial charge in [0, 0.05) is 5.56 Å². The average Bonchev–Trinajstić information content (AvgIpc) is 2.70. The Hall–Kier alpha value is -2.42. The Balaban J connectivity index is 1.77. The second kappa shape index (κ2) is 12.1. The van der Waals surface area contributed by atoms with Crippen LogP contribution in [0.1, 0.15) is 75.6 Å². The maximum atomic E-state index is 11.9. The van der Waals surface area contributed by atoms with Crippen LogP contribution in [0.15, 0.2) is 48.5 Å². The number of ether oxygens (including phenoxy) is 1. The normalized spacial score (nSPS) is 10.6. The molecular formula is C25H32O3. The second-order valence-electron chi connectivity index (χ2n) is 7.37. The van der Waals surface area contributed by atoms with Gasteiger partial charge in [-0.1, -0.05) is 81.8 Å². The first-order chi connectivity index (χ1) is 13.6. The molecule has 28 heavy (non-hydrogen) atoms. The van der Waals surface area contributed by atoms with Crippen molar-refractivity contribution in [2.45, 2.75) is 65.2 Å². The molecule has 0 saturated heterocycles.